The average molecular weight is 420 g/mol. The summed E-state index contributed by atoms with van der Waals surface area (Å²) in [6, 6.07) is 12.4. The molecule has 2 aliphatic rings. The Hall–Kier alpha value is -2.53. The second-order valence-electron chi connectivity index (χ2n) is 8.91. The van der Waals surface area contributed by atoms with Crippen LogP contribution in [-0.4, -0.2) is 15.5 Å². The van der Waals surface area contributed by atoms with Crippen LogP contribution in [0.2, 0.25) is 0 Å². The van der Waals surface area contributed by atoms with Gasteiger partial charge in [-0.05, 0) is 73.9 Å². The molecule has 0 radical (unpaired) electrons. The van der Waals surface area contributed by atoms with Crippen LogP contribution in [0.15, 0.2) is 42.6 Å². The number of nitrogens with one attached hydrogen (secondary N) is 1. The van der Waals surface area contributed by atoms with E-state index in [1.807, 2.05) is 29.5 Å². The van der Waals surface area contributed by atoms with E-state index in [0.29, 0.717) is 12.5 Å². The van der Waals surface area contributed by atoms with Gasteiger partial charge >= 0.3 is 6.03 Å². The summed E-state index contributed by atoms with van der Waals surface area (Å²) in [4.78, 5) is 17.2. The van der Waals surface area contributed by atoms with Gasteiger partial charge in [-0.15, -0.1) is 11.3 Å². The van der Waals surface area contributed by atoms with E-state index in [2.05, 4.69) is 60.0 Å². The SMILES string of the molecule is Cc1cccc(NC(=O)N2Cc3c(sc4c3CCCC4)-n3cccc3C2C(C)C)c1. The Morgan fingerprint density at radius 3 is 2.77 bits per heavy atom. The van der Waals surface area contributed by atoms with E-state index in [-0.39, 0.29) is 12.1 Å². The minimum absolute atomic E-state index is 0.0179. The molecule has 0 spiro atoms. The van der Waals surface area contributed by atoms with Crippen LogP contribution in [0.5, 0.6) is 0 Å². The van der Waals surface area contributed by atoms with E-state index in [9.17, 15) is 4.79 Å². The summed E-state index contributed by atoms with van der Waals surface area (Å²) in [6.07, 6.45) is 7.01. The monoisotopic (exact) mass is 419 g/mol. The molecule has 4 nitrogen and oxygen atoms in total. The van der Waals surface area contributed by atoms with Gasteiger partial charge in [0.2, 0.25) is 0 Å². The number of nitrogens with zero attached hydrogens (tertiary/aromatic N) is 2. The van der Waals surface area contributed by atoms with E-state index in [1.165, 1.54) is 46.0 Å². The number of aryl methyl sites for hydroxylation is 2. The number of benzene rings is 1. The molecule has 0 saturated heterocycles. The Bertz CT molecular complexity index is 1090. The summed E-state index contributed by atoms with van der Waals surface area (Å²) in [5.74, 6) is 0.312. The van der Waals surface area contributed by atoms with Crippen LogP contribution in [0.1, 0.15) is 60.0 Å². The Morgan fingerprint density at radius 2 is 1.97 bits per heavy atom. The molecule has 3 heterocycles. The number of thiophene rings is 1. The van der Waals surface area contributed by atoms with Crippen molar-refractivity contribution in [2.24, 2.45) is 5.92 Å². The molecule has 5 heteroatoms. The van der Waals surface area contributed by atoms with Crippen molar-refractivity contribution in [3.8, 4) is 5.00 Å². The molecular formula is C25H29N3OS. The fourth-order valence-corrected chi connectivity index (χ4v) is 6.44. The van der Waals surface area contributed by atoms with Crippen LogP contribution >= 0.6 is 11.3 Å². The predicted octanol–water partition coefficient (Wildman–Crippen LogP) is 6.47. The number of amides is 2. The Balaban J connectivity index is 1.59. The summed E-state index contributed by atoms with van der Waals surface area (Å²) in [5.41, 5.74) is 6.07. The highest BCUT2D eigenvalue weighted by Gasteiger charge is 2.36. The summed E-state index contributed by atoms with van der Waals surface area (Å²) in [7, 11) is 0. The number of urea groups is 1. The standard InChI is InChI=1S/C25H29N3OS/c1-16(2)23-21-11-7-13-27(21)24-20(19-10-4-5-12-22(19)30-24)15-28(23)25(29)26-18-9-6-8-17(3)14-18/h6-9,11,13-14,16,23H,4-5,10,12,15H2,1-3H3,(H,26,29). The van der Waals surface area contributed by atoms with E-state index < -0.39 is 0 Å². The van der Waals surface area contributed by atoms with Gasteiger partial charge in [-0.25, -0.2) is 4.79 Å². The van der Waals surface area contributed by atoms with Crippen molar-refractivity contribution >= 4 is 23.1 Å². The highest BCUT2D eigenvalue weighted by Crippen LogP contribution is 2.44. The molecule has 156 valence electrons. The van der Waals surface area contributed by atoms with E-state index in [1.54, 1.807) is 0 Å². The number of hydrogen-bond acceptors (Lipinski definition) is 2. The molecule has 5 rings (SSSR count). The fraction of sp³-hybridized carbons (Fsp3) is 0.400. The van der Waals surface area contributed by atoms with Crippen molar-refractivity contribution in [3.63, 3.8) is 0 Å². The molecule has 3 aromatic rings. The van der Waals surface area contributed by atoms with Gasteiger partial charge in [0.25, 0.3) is 0 Å². The molecule has 2 amide bonds. The number of fused-ring (bicyclic) bond motifs is 5. The predicted molar refractivity (Wildman–Crippen MR) is 124 cm³/mol. The quantitative estimate of drug-likeness (QED) is 0.508. The Labute approximate surface area is 182 Å². The van der Waals surface area contributed by atoms with Gasteiger partial charge in [-0.2, -0.15) is 0 Å². The lowest BCUT2D eigenvalue weighted by Crippen LogP contribution is -2.39. The van der Waals surface area contributed by atoms with Crippen LogP contribution in [0, 0.1) is 12.8 Å². The first-order valence-corrected chi connectivity index (χ1v) is 11.8. The lowest BCUT2D eigenvalue weighted by atomic mass is 9.94. The van der Waals surface area contributed by atoms with E-state index in [4.69, 9.17) is 0 Å². The smallest absolute Gasteiger partial charge is 0.311 e. The first kappa shape index (κ1) is 19.4. The first-order chi connectivity index (χ1) is 14.5. The van der Waals surface area contributed by atoms with Gasteiger partial charge in [0.05, 0.1) is 12.6 Å². The number of hydrogen-bond donors (Lipinski definition) is 1. The second kappa shape index (κ2) is 7.62. The minimum atomic E-state index is -0.0179. The zero-order valence-corrected chi connectivity index (χ0v) is 18.8. The van der Waals surface area contributed by atoms with Crippen LogP contribution in [0.4, 0.5) is 10.5 Å². The van der Waals surface area contributed by atoms with Crippen molar-refractivity contribution in [1.29, 1.82) is 0 Å². The molecule has 1 aromatic carbocycles. The summed E-state index contributed by atoms with van der Waals surface area (Å²) in [6.45, 7) is 7.15. The van der Waals surface area contributed by atoms with Crippen LogP contribution in [-0.2, 0) is 19.4 Å². The molecule has 1 unspecified atom stereocenters. The third-order valence-corrected chi connectivity index (χ3v) is 7.72. The number of rotatable bonds is 2. The maximum atomic E-state index is 13.6. The second-order valence-corrected chi connectivity index (χ2v) is 10.00. The summed E-state index contributed by atoms with van der Waals surface area (Å²) >= 11 is 1.94. The summed E-state index contributed by atoms with van der Waals surface area (Å²) in [5, 5.41) is 4.49. The molecule has 1 aliphatic heterocycles. The number of carbonyl (C=O) groups is 1. The highest BCUT2D eigenvalue weighted by atomic mass is 32.1. The van der Waals surface area contributed by atoms with Crippen molar-refractivity contribution in [1.82, 2.24) is 9.47 Å². The number of carbonyl (C=O) groups excluding carboxylic acids is 1. The topological polar surface area (TPSA) is 37.3 Å². The fourth-order valence-electron chi connectivity index (χ4n) is 5.04. The van der Waals surface area contributed by atoms with Gasteiger partial charge < -0.3 is 14.8 Å². The third-order valence-electron chi connectivity index (χ3n) is 6.39. The molecule has 30 heavy (non-hydrogen) atoms. The minimum Gasteiger partial charge on any atom is -0.311 e. The van der Waals surface area contributed by atoms with Gasteiger partial charge in [0.15, 0.2) is 0 Å². The lowest BCUT2D eigenvalue weighted by Gasteiger charge is -2.33. The zero-order valence-electron chi connectivity index (χ0n) is 17.9. The maximum absolute atomic E-state index is 13.6. The maximum Gasteiger partial charge on any atom is 0.322 e. The van der Waals surface area contributed by atoms with Gasteiger partial charge in [-0.3, -0.25) is 0 Å². The van der Waals surface area contributed by atoms with Crippen molar-refractivity contribution < 1.29 is 4.79 Å². The van der Waals surface area contributed by atoms with Gasteiger partial charge in [0.1, 0.15) is 5.00 Å². The zero-order chi connectivity index (χ0) is 20.8. The molecule has 1 aliphatic carbocycles. The molecule has 0 bridgehead atoms. The van der Waals surface area contributed by atoms with Crippen molar-refractivity contribution in [2.45, 2.75) is 59.0 Å². The number of aromatic nitrogens is 1. The van der Waals surface area contributed by atoms with Crippen molar-refractivity contribution in [2.75, 3.05) is 5.32 Å². The first-order valence-electron chi connectivity index (χ1n) is 11.0. The lowest BCUT2D eigenvalue weighted by molar-refractivity contribution is 0.161. The third kappa shape index (κ3) is 3.25. The van der Waals surface area contributed by atoms with E-state index >= 15 is 0 Å². The molecule has 1 atom stereocenters. The number of anilines is 1. The van der Waals surface area contributed by atoms with Crippen LogP contribution in [0.3, 0.4) is 0 Å². The molecule has 0 saturated carbocycles. The van der Waals surface area contributed by atoms with Gasteiger partial charge in [0, 0.05) is 28.0 Å². The van der Waals surface area contributed by atoms with Crippen LogP contribution < -0.4 is 5.32 Å². The average Bonchev–Trinajstić information content (AvgIpc) is 3.29. The normalized spacial score (nSPS) is 17.9. The van der Waals surface area contributed by atoms with E-state index in [0.717, 1.165) is 17.7 Å². The molecule has 2 aromatic heterocycles. The van der Waals surface area contributed by atoms with Crippen LogP contribution in [0.25, 0.3) is 5.00 Å². The Morgan fingerprint density at radius 1 is 1.13 bits per heavy atom. The highest BCUT2D eigenvalue weighted by molar-refractivity contribution is 7.15. The molecule has 0 fully saturated rings. The largest absolute Gasteiger partial charge is 0.322 e. The van der Waals surface area contributed by atoms with Gasteiger partial charge in [-0.1, -0.05) is 26.0 Å². The van der Waals surface area contributed by atoms with Crippen molar-refractivity contribution in [3.05, 3.63) is 69.9 Å². The molecule has 1 N–H and O–H groups in total. The Kier molecular flexibility index (Phi) is 4.94. The molecular weight excluding hydrogens is 390 g/mol. The summed E-state index contributed by atoms with van der Waals surface area (Å²) < 4.78 is 2.35.